The smallest absolute Gasteiger partial charge is 0.262 e. The van der Waals surface area contributed by atoms with Crippen molar-refractivity contribution < 1.29 is 14.3 Å². The van der Waals surface area contributed by atoms with Gasteiger partial charge in [0, 0.05) is 24.8 Å². The van der Waals surface area contributed by atoms with Crippen LogP contribution in [0, 0.1) is 0 Å². The van der Waals surface area contributed by atoms with E-state index in [9.17, 15) is 9.59 Å². The Morgan fingerprint density at radius 3 is 2.59 bits per heavy atom. The Bertz CT molecular complexity index is 1280. The molecule has 2 fully saturated rings. The molecule has 5 rings (SSSR count). The molecule has 0 bridgehead atoms. The maximum atomic E-state index is 13.8. The van der Waals surface area contributed by atoms with E-state index in [0.29, 0.717) is 35.8 Å². The Balaban J connectivity index is 1.43. The normalized spacial score (nSPS) is 16.6. The fraction of sp³-hybridized carbons (Fsp3) is 0.464. The number of ether oxygens (including phenoxy) is 2. The highest BCUT2D eigenvalue weighted by Gasteiger charge is 2.19. The minimum absolute atomic E-state index is 0.00934. The zero-order valence-corrected chi connectivity index (χ0v) is 22.1. The number of nitrogens with zero attached hydrogens (tertiary/aromatic N) is 3. The second-order valence-electron chi connectivity index (χ2n) is 9.63. The molecule has 9 heteroatoms. The lowest BCUT2D eigenvalue weighted by molar-refractivity contribution is -0.119. The molecule has 37 heavy (non-hydrogen) atoms. The summed E-state index contributed by atoms with van der Waals surface area (Å²) in [4.78, 5) is 33.6. The van der Waals surface area contributed by atoms with Crippen molar-refractivity contribution >= 4 is 34.3 Å². The van der Waals surface area contributed by atoms with Gasteiger partial charge in [-0.1, -0.05) is 43.2 Å². The van der Waals surface area contributed by atoms with Gasteiger partial charge in [0.2, 0.25) is 5.91 Å². The monoisotopic (exact) mass is 522 g/mol. The molecule has 0 atom stereocenters. The zero-order chi connectivity index (χ0) is 25.6. The molecule has 0 radical (unpaired) electrons. The van der Waals surface area contributed by atoms with E-state index in [1.165, 1.54) is 18.2 Å². The van der Waals surface area contributed by atoms with E-state index in [2.05, 4.69) is 10.2 Å². The van der Waals surface area contributed by atoms with Crippen LogP contribution in [-0.4, -0.2) is 60.7 Å². The molecule has 2 aliphatic rings. The molecule has 0 unspecified atom stereocenters. The molecule has 1 amide bonds. The summed E-state index contributed by atoms with van der Waals surface area (Å²) in [5.41, 5.74) is 2.49. The number of methoxy groups -OCH3 is 1. The standard InChI is InChI=1S/C28H34N4O4S/c1-35-23-10-7-20(8-11-23)18-32-27(34)24-17-22(31-13-15-36-16-14-31)9-12-25(24)30-28(32)37-19-26(33)29-21-5-3-2-4-6-21/h7-12,17,21H,2-6,13-16,18-19H2,1H3,(H,29,33). The minimum Gasteiger partial charge on any atom is -0.497 e. The fourth-order valence-corrected chi connectivity index (χ4v) is 5.83. The number of aromatic nitrogens is 2. The Kier molecular flexibility index (Phi) is 8.31. The summed E-state index contributed by atoms with van der Waals surface area (Å²) in [6, 6.07) is 13.8. The lowest BCUT2D eigenvalue weighted by Crippen LogP contribution is -2.37. The van der Waals surface area contributed by atoms with Crippen molar-refractivity contribution in [2.24, 2.45) is 0 Å². The summed E-state index contributed by atoms with van der Waals surface area (Å²) in [6.07, 6.45) is 5.65. The molecule has 196 valence electrons. The molecular formula is C28H34N4O4S. The Morgan fingerprint density at radius 2 is 1.86 bits per heavy atom. The van der Waals surface area contributed by atoms with E-state index >= 15 is 0 Å². The number of morpholine rings is 1. The summed E-state index contributed by atoms with van der Waals surface area (Å²) < 4.78 is 12.4. The maximum Gasteiger partial charge on any atom is 0.262 e. The second kappa shape index (κ2) is 12.0. The lowest BCUT2D eigenvalue weighted by atomic mass is 9.95. The van der Waals surface area contributed by atoms with Gasteiger partial charge in [-0.25, -0.2) is 4.98 Å². The molecule has 1 aliphatic carbocycles. The third kappa shape index (κ3) is 6.27. The number of rotatable bonds is 8. The van der Waals surface area contributed by atoms with Crippen LogP contribution in [0.1, 0.15) is 37.7 Å². The number of hydrogen-bond acceptors (Lipinski definition) is 7. The number of thioether (sulfide) groups is 1. The van der Waals surface area contributed by atoms with Crippen LogP contribution in [0.5, 0.6) is 5.75 Å². The molecule has 2 heterocycles. The Morgan fingerprint density at radius 1 is 1.11 bits per heavy atom. The Hall–Kier alpha value is -3.04. The number of hydrogen-bond donors (Lipinski definition) is 1. The van der Waals surface area contributed by atoms with Gasteiger partial charge in [0.25, 0.3) is 5.56 Å². The Labute approximate surface area is 221 Å². The number of amides is 1. The SMILES string of the molecule is COc1ccc(Cn2c(SCC(=O)NC3CCCCC3)nc3ccc(N4CCOCC4)cc3c2=O)cc1. The van der Waals surface area contributed by atoms with Crippen LogP contribution in [0.4, 0.5) is 5.69 Å². The number of benzene rings is 2. The first kappa shape index (κ1) is 25.6. The van der Waals surface area contributed by atoms with Gasteiger partial charge in [0.15, 0.2) is 5.16 Å². The van der Waals surface area contributed by atoms with Gasteiger partial charge in [0.05, 0.1) is 43.5 Å². The molecule has 1 N–H and O–H groups in total. The highest BCUT2D eigenvalue weighted by atomic mass is 32.2. The van der Waals surface area contributed by atoms with Gasteiger partial charge < -0.3 is 19.7 Å². The van der Waals surface area contributed by atoms with Gasteiger partial charge in [0.1, 0.15) is 5.75 Å². The van der Waals surface area contributed by atoms with Gasteiger partial charge in [-0.2, -0.15) is 0 Å². The van der Waals surface area contributed by atoms with Crippen LogP contribution in [0.2, 0.25) is 0 Å². The highest BCUT2D eigenvalue weighted by Crippen LogP contribution is 2.24. The van der Waals surface area contributed by atoms with E-state index in [0.717, 1.165) is 55.8 Å². The maximum absolute atomic E-state index is 13.8. The number of carbonyl (C=O) groups excluding carboxylic acids is 1. The fourth-order valence-electron chi connectivity index (χ4n) is 5.02. The first-order valence-corrected chi connectivity index (χ1v) is 14.0. The van der Waals surface area contributed by atoms with Crippen LogP contribution in [-0.2, 0) is 16.1 Å². The van der Waals surface area contributed by atoms with Crippen molar-refractivity contribution in [2.75, 3.05) is 44.1 Å². The number of carbonyl (C=O) groups is 1. The van der Waals surface area contributed by atoms with E-state index < -0.39 is 0 Å². The van der Waals surface area contributed by atoms with E-state index in [1.54, 1.807) is 11.7 Å². The van der Waals surface area contributed by atoms with E-state index in [-0.39, 0.29) is 23.3 Å². The van der Waals surface area contributed by atoms with Gasteiger partial charge >= 0.3 is 0 Å². The van der Waals surface area contributed by atoms with Crippen molar-refractivity contribution in [3.63, 3.8) is 0 Å². The first-order valence-electron chi connectivity index (χ1n) is 13.0. The molecule has 1 aliphatic heterocycles. The molecule has 3 aromatic rings. The van der Waals surface area contributed by atoms with Gasteiger partial charge in [-0.05, 0) is 48.7 Å². The summed E-state index contributed by atoms with van der Waals surface area (Å²) >= 11 is 1.32. The largest absolute Gasteiger partial charge is 0.497 e. The topological polar surface area (TPSA) is 85.7 Å². The summed E-state index contributed by atoms with van der Waals surface area (Å²) in [6.45, 7) is 3.30. The number of fused-ring (bicyclic) bond motifs is 1. The van der Waals surface area contributed by atoms with Gasteiger partial charge in [-0.3, -0.25) is 14.2 Å². The minimum atomic E-state index is -0.105. The molecule has 2 aromatic carbocycles. The third-order valence-electron chi connectivity index (χ3n) is 7.08. The molecule has 0 spiro atoms. The van der Waals surface area contributed by atoms with Crippen LogP contribution in [0.3, 0.4) is 0 Å². The summed E-state index contributed by atoms with van der Waals surface area (Å²) in [5, 5.41) is 4.29. The number of anilines is 1. The average Bonchev–Trinajstić information content (AvgIpc) is 2.95. The van der Waals surface area contributed by atoms with Gasteiger partial charge in [-0.15, -0.1) is 0 Å². The van der Waals surface area contributed by atoms with Crippen molar-refractivity contribution in [3.05, 3.63) is 58.4 Å². The van der Waals surface area contributed by atoms with E-state index in [1.807, 2.05) is 42.5 Å². The van der Waals surface area contributed by atoms with Crippen LogP contribution in [0.25, 0.3) is 10.9 Å². The molecule has 8 nitrogen and oxygen atoms in total. The first-order chi connectivity index (χ1) is 18.1. The van der Waals surface area contributed by atoms with Crippen LogP contribution < -0.4 is 20.5 Å². The van der Waals surface area contributed by atoms with Crippen LogP contribution >= 0.6 is 11.8 Å². The molecule has 1 saturated heterocycles. The second-order valence-corrected chi connectivity index (χ2v) is 10.6. The molecule has 1 aromatic heterocycles. The zero-order valence-electron chi connectivity index (χ0n) is 21.3. The van der Waals surface area contributed by atoms with Crippen molar-refractivity contribution in [3.8, 4) is 5.75 Å². The third-order valence-corrected chi connectivity index (χ3v) is 8.06. The predicted octanol–water partition coefficient (Wildman–Crippen LogP) is 3.83. The lowest BCUT2D eigenvalue weighted by Gasteiger charge is -2.29. The van der Waals surface area contributed by atoms with Crippen LogP contribution in [0.15, 0.2) is 52.4 Å². The van der Waals surface area contributed by atoms with Crippen molar-refractivity contribution in [1.82, 2.24) is 14.9 Å². The number of nitrogens with one attached hydrogen (secondary N) is 1. The quantitative estimate of drug-likeness (QED) is 0.355. The predicted molar refractivity (Wildman–Crippen MR) is 147 cm³/mol. The molecular weight excluding hydrogens is 488 g/mol. The molecule has 1 saturated carbocycles. The summed E-state index contributed by atoms with van der Waals surface area (Å²) in [7, 11) is 1.63. The van der Waals surface area contributed by atoms with E-state index in [4.69, 9.17) is 14.5 Å². The summed E-state index contributed by atoms with van der Waals surface area (Å²) in [5.74, 6) is 0.977. The van der Waals surface area contributed by atoms with Crippen molar-refractivity contribution in [2.45, 2.75) is 49.8 Å². The highest BCUT2D eigenvalue weighted by molar-refractivity contribution is 7.99. The average molecular weight is 523 g/mol. The van der Waals surface area contributed by atoms with Crippen molar-refractivity contribution in [1.29, 1.82) is 0 Å².